The van der Waals surface area contributed by atoms with Crippen molar-refractivity contribution in [1.82, 2.24) is 4.90 Å². The molecule has 2 aromatic rings. The molecule has 3 rings (SSSR count). The van der Waals surface area contributed by atoms with Crippen LogP contribution < -0.4 is 19.7 Å². The van der Waals surface area contributed by atoms with E-state index < -0.39 is 18.0 Å². The van der Waals surface area contributed by atoms with Crippen molar-refractivity contribution in [2.45, 2.75) is 20.0 Å². The fraction of sp³-hybridized carbons (Fsp3) is 0.391. The molecule has 0 spiro atoms. The Labute approximate surface area is 200 Å². The molecule has 0 saturated carbocycles. The Morgan fingerprint density at radius 2 is 1.56 bits per heavy atom. The smallest absolute Gasteiger partial charge is 0.471 e. The van der Waals surface area contributed by atoms with E-state index in [1.807, 2.05) is 13.8 Å². The summed E-state index contributed by atoms with van der Waals surface area (Å²) in [6.45, 7) is 4.63. The summed E-state index contributed by atoms with van der Waals surface area (Å²) >= 11 is 6.15. The van der Waals surface area contributed by atoms with Crippen LogP contribution in [0.25, 0.3) is 0 Å². The maximum atomic E-state index is 13.1. The number of amides is 2. The van der Waals surface area contributed by atoms with E-state index in [2.05, 4.69) is 5.32 Å². The first-order chi connectivity index (χ1) is 16.1. The number of hydrogen-bond acceptors (Lipinski definition) is 5. The minimum absolute atomic E-state index is 0.0948. The molecule has 34 heavy (non-hydrogen) atoms. The fourth-order valence-corrected chi connectivity index (χ4v) is 3.78. The van der Waals surface area contributed by atoms with Crippen molar-refractivity contribution in [3.05, 3.63) is 47.0 Å². The minimum atomic E-state index is -4.90. The van der Waals surface area contributed by atoms with Gasteiger partial charge in [0.1, 0.15) is 11.5 Å². The van der Waals surface area contributed by atoms with Gasteiger partial charge in [0.2, 0.25) is 0 Å². The molecule has 2 aromatic carbocycles. The third kappa shape index (κ3) is 6.25. The molecule has 11 heteroatoms. The Morgan fingerprint density at radius 1 is 0.971 bits per heavy atom. The number of ether oxygens (including phenoxy) is 2. The van der Waals surface area contributed by atoms with Crippen LogP contribution in [0.4, 0.5) is 24.5 Å². The van der Waals surface area contributed by atoms with E-state index >= 15 is 0 Å². The van der Waals surface area contributed by atoms with Crippen LogP contribution in [-0.2, 0) is 4.79 Å². The zero-order valence-electron chi connectivity index (χ0n) is 18.7. The number of benzene rings is 2. The molecule has 2 amide bonds. The molecule has 0 bridgehead atoms. The van der Waals surface area contributed by atoms with Crippen molar-refractivity contribution in [2.75, 3.05) is 49.6 Å². The lowest BCUT2D eigenvalue weighted by molar-refractivity contribution is -0.185. The molecule has 1 aliphatic rings. The van der Waals surface area contributed by atoms with Crippen LogP contribution in [-0.4, -0.2) is 62.3 Å². The third-order valence-corrected chi connectivity index (χ3v) is 5.36. The van der Waals surface area contributed by atoms with Gasteiger partial charge in [-0.05, 0) is 44.2 Å². The lowest BCUT2D eigenvalue weighted by Crippen LogP contribution is -2.52. The predicted octanol–water partition coefficient (Wildman–Crippen LogP) is 4.60. The van der Waals surface area contributed by atoms with Crippen LogP contribution in [0, 0.1) is 0 Å². The molecule has 0 aromatic heterocycles. The molecule has 0 aliphatic carbocycles. The van der Waals surface area contributed by atoms with Crippen LogP contribution in [0.2, 0.25) is 5.02 Å². The highest BCUT2D eigenvalue weighted by Crippen LogP contribution is 2.32. The van der Waals surface area contributed by atoms with Crippen molar-refractivity contribution in [2.24, 2.45) is 0 Å². The van der Waals surface area contributed by atoms with Gasteiger partial charge in [-0.15, -0.1) is 0 Å². The van der Waals surface area contributed by atoms with Gasteiger partial charge < -0.3 is 24.6 Å². The summed E-state index contributed by atoms with van der Waals surface area (Å²) in [5.74, 6) is -1.32. The second-order valence-corrected chi connectivity index (χ2v) is 7.89. The van der Waals surface area contributed by atoms with Crippen LogP contribution in [0.5, 0.6) is 11.5 Å². The monoisotopic (exact) mass is 499 g/mol. The highest BCUT2D eigenvalue weighted by molar-refractivity contribution is 6.31. The number of hydrogen-bond donors (Lipinski definition) is 1. The first kappa shape index (κ1) is 25.5. The average molecular weight is 500 g/mol. The van der Waals surface area contributed by atoms with E-state index in [1.165, 1.54) is 0 Å². The van der Waals surface area contributed by atoms with Crippen molar-refractivity contribution in [1.29, 1.82) is 0 Å². The Morgan fingerprint density at radius 3 is 2.09 bits per heavy atom. The molecule has 1 N–H and O–H groups in total. The molecule has 184 valence electrons. The largest absolute Gasteiger partial charge is 0.494 e. The standard InChI is InChI=1S/C23H25ClF3N3O4/c1-3-33-17-11-15(12-18(14-17)34-4-2)21(31)28-19-13-16(24)5-6-20(19)29-7-9-30(10-8-29)22(32)23(25,26)27/h5-6,11-14H,3-4,7-10H2,1-2H3,(H,28,31). The van der Waals surface area contributed by atoms with E-state index in [-0.39, 0.29) is 26.2 Å². The molecule has 1 saturated heterocycles. The Bertz CT molecular complexity index is 1020. The second-order valence-electron chi connectivity index (χ2n) is 7.45. The van der Waals surface area contributed by atoms with Gasteiger partial charge in [0.25, 0.3) is 5.91 Å². The number of alkyl halides is 3. The Hall–Kier alpha value is -3.14. The van der Waals surface area contributed by atoms with E-state index in [1.54, 1.807) is 41.3 Å². The second kappa shape index (κ2) is 10.9. The summed E-state index contributed by atoms with van der Waals surface area (Å²) in [5, 5.41) is 3.20. The van der Waals surface area contributed by atoms with Crippen molar-refractivity contribution >= 4 is 34.8 Å². The molecule has 1 fully saturated rings. The van der Waals surface area contributed by atoms with E-state index in [9.17, 15) is 22.8 Å². The van der Waals surface area contributed by atoms with Crippen LogP contribution in [0.1, 0.15) is 24.2 Å². The molecule has 1 aliphatic heterocycles. The molecule has 7 nitrogen and oxygen atoms in total. The van der Waals surface area contributed by atoms with Gasteiger partial charge in [-0.1, -0.05) is 11.6 Å². The number of piperazine rings is 1. The van der Waals surface area contributed by atoms with Gasteiger partial charge in [-0.3, -0.25) is 9.59 Å². The minimum Gasteiger partial charge on any atom is -0.494 e. The number of nitrogens with one attached hydrogen (secondary N) is 1. The molecule has 1 heterocycles. The van der Waals surface area contributed by atoms with E-state index in [4.69, 9.17) is 21.1 Å². The quantitative estimate of drug-likeness (QED) is 0.603. The molecular formula is C23H25ClF3N3O4. The maximum Gasteiger partial charge on any atom is 0.471 e. The summed E-state index contributed by atoms with van der Waals surface area (Å²) in [4.78, 5) is 27.2. The first-order valence-electron chi connectivity index (χ1n) is 10.7. The highest BCUT2D eigenvalue weighted by atomic mass is 35.5. The van der Waals surface area contributed by atoms with Crippen molar-refractivity contribution in [3.63, 3.8) is 0 Å². The zero-order chi connectivity index (χ0) is 24.9. The van der Waals surface area contributed by atoms with Gasteiger partial charge >= 0.3 is 12.1 Å². The summed E-state index contributed by atoms with van der Waals surface area (Å²) in [6, 6.07) is 9.75. The summed E-state index contributed by atoms with van der Waals surface area (Å²) in [7, 11) is 0. The number of anilines is 2. The fourth-order valence-electron chi connectivity index (χ4n) is 3.61. The van der Waals surface area contributed by atoms with Gasteiger partial charge in [-0.2, -0.15) is 13.2 Å². The predicted molar refractivity (Wildman–Crippen MR) is 123 cm³/mol. The Kier molecular flexibility index (Phi) is 8.14. The van der Waals surface area contributed by atoms with Gasteiger partial charge in [0.15, 0.2) is 0 Å². The number of nitrogens with zero attached hydrogens (tertiary/aromatic N) is 2. The lowest BCUT2D eigenvalue weighted by atomic mass is 10.1. The van der Waals surface area contributed by atoms with Crippen LogP contribution in [0.3, 0.4) is 0 Å². The molecular weight excluding hydrogens is 475 g/mol. The highest BCUT2D eigenvalue weighted by Gasteiger charge is 2.43. The van der Waals surface area contributed by atoms with Crippen molar-refractivity contribution < 1.29 is 32.2 Å². The van der Waals surface area contributed by atoms with Gasteiger partial charge in [0, 0.05) is 42.8 Å². The molecule has 0 unspecified atom stereocenters. The zero-order valence-corrected chi connectivity index (χ0v) is 19.5. The summed E-state index contributed by atoms with van der Waals surface area (Å²) < 4.78 is 49.3. The first-order valence-corrected chi connectivity index (χ1v) is 11.1. The van der Waals surface area contributed by atoms with Crippen molar-refractivity contribution in [3.8, 4) is 11.5 Å². The van der Waals surface area contributed by atoms with Crippen LogP contribution >= 0.6 is 11.6 Å². The number of rotatable bonds is 7. The Balaban J connectivity index is 1.80. The summed E-state index contributed by atoms with van der Waals surface area (Å²) in [6.07, 6.45) is -4.90. The number of halogens is 4. The SMILES string of the molecule is CCOc1cc(OCC)cc(C(=O)Nc2cc(Cl)ccc2N2CCN(C(=O)C(F)(F)F)CC2)c1. The number of carbonyl (C=O) groups excluding carboxylic acids is 2. The third-order valence-electron chi connectivity index (χ3n) is 5.12. The van der Waals surface area contributed by atoms with E-state index in [0.717, 1.165) is 4.90 Å². The lowest BCUT2D eigenvalue weighted by Gasteiger charge is -2.37. The molecule has 0 atom stereocenters. The molecule has 0 radical (unpaired) electrons. The number of carbonyl (C=O) groups is 2. The normalized spacial score (nSPS) is 14.1. The van der Waals surface area contributed by atoms with Gasteiger partial charge in [-0.25, -0.2) is 0 Å². The van der Waals surface area contributed by atoms with Gasteiger partial charge in [0.05, 0.1) is 24.6 Å². The van der Waals surface area contributed by atoms with E-state index in [0.29, 0.717) is 46.7 Å². The maximum absolute atomic E-state index is 13.1. The summed E-state index contributed by atoms with van der Waals surface area (Å²) in [5.41, 5.74) is 1.29. The topological polar surface area (TPSA) is 71.1 Å². The average Bonchev–Trinajstić information content (AvgIpc) is 2.78. The van der Waals surface area contributed by atoms with Crippen LogP contribution in [0.15, 0.2) is 36.4 Å².